The molecule has 0 spiro atoms. The topological polar surface area (TPSA) is 73.9 Å². The second-order valence-electron chi connectivity index (χ2n) is 1.33. The monoisotopic (exact) mass is 126 g/mol. The first kappa shape index (κ1) is 5.74. The Bertz CT molecular complexity index is 202. The number of nitrogens with zero attached hydrogens (tertiary/aromatic N) is 3. The highest BCUT2D eigenvalue weighted by atomic mass is 16.5. The van der Waals surface area contributed by atoms with E-state index in [1.54, 1.807) is 0 Å². The lowest BCUT2D eigenvalue weighted by Gasteiger charge is -1.94. The van der Waals surface area contributed by atoms with Gasteiger partial charge in [0.05, 0.1) is 7.11 Å². The van der Waals surface area contributed by atoms with Gasteiger partial charge in [0.15, 0.2) is 0 Å². The molecule has 0 aromatic carbocycles. The van der Waals surface area contributed by atoms with Gasteiger partial charge in [0.25, 0.3) is 0 Å². The molecular weight excluding hydrogens is 120 g/mol. The molecule has 5 nitrogen and oxygen atoms in total. The average molecular weight is 126 g/mol. The number of ether oxygens (including phenoxy) is 1. The van der Waals surface area contributed by atoms with Crippen molar-refractivity contribution in [1.29, 1.82) is 0 Å². The first-order valence-corrected chi connectivity index (χ1v) is 2.31. The van der Waals surface area contributed by atoms with Crippen molar-refractivity contribution in [2.24, 2.45) is 0 Å². The van der Waals surface area contributed by atoms with Gasteiger partial charge in [-0.2, -0.15) is 9.97 Å². The van der Waals surface area contributed by atoms with Gasteiger partial charge in [-0.25, -0.2) is 4.98 Å². The number of aromatic nitrogens is 3. The molecule has 1 heterocycles. The number of nitrogens with two attached hydrogens (primary N) is 1. The van der Waals surface area contributed by atoms with E-state index in [0.717, 1.165) is 0 Å². The third-order valence-electron chi connectivity index (χ3n) is 0.751. The Morgan fingerprint density at radius 3 is 2.78 bits per heavy atom. The van der Waals surface area contributed by atoms with Crippen LogP contribution in [0.25, 0.3) is 0 Å². The summed E-state index contributed by atoms with van der Waals surface area (Å²) >= 11 is 0. The predicted octanol–water partition coefficient (Wildman–Crippen LogP) is -0.538. The molecule has 0 amide bonds. The lowest BCUT2D eigenvalue weighted by atomic mass is 10.9. The highest BCUT2D eigenvalue weighted by Crippen LogP contribution is 1.97. The van der Waals surface area contributed by atoms with Crippen molar-refractivity contribution in [2.45, 2.75) is 0 Å². The molecule has 0 saturated heterocycles. The number of hydrogen-bond acceptors (Lipinski definition) is 5. The average Bonchev–Trinajstić information content (AvgIpc) is 1.88. The summed E-state index contributed by atoms with van der Waals surface area (Å²) in [5.41, 5.74) is 5.19. The predicted molar refractivity (Wildman–Crippen MR) is 30.8 cm³/mol. The van der Waals surface area contributed by atoms with E-state index in [0.29, 0.717) is 0 Å². The maximum Gasteiger partial charge on any atom is 0.320 e. The van der Waals surface area contributed by atoms with Crippen LogP contribution in [0.2, 0.25) is 0 Å². The Hall–Kier alpha value is -1.39. The van der Waals surface area contributed by atoms with Crippen molar-refractivity contribution in [2.75, 3.05) is 12.8 Å². The third-order valence-corrected chi connectivity index (χ3v) is 0.751. The standard InChI is InChI=1S/C4H6N4O/c1-9-4-7-2-6-3(5)8-4/h2H,1H3,(H2,5,6,7,8). The third kappa shape index (κ3) is 1.25. The Labute approximate surface area is 51.9 Å². The summed E-state index contributed by atoms with van der Waals surface area (Å²) in [7, 11) is 1.47. The zero-order valence-electron chi connectivity index (χ0n) is 4.90. The Balaban J connectivity index is 2.94. The van der Waals surface area contributed by atoms with Crippen molar-refractivity contribution in [3.05, 3.63) is 6.33 Å². The first-order chi connectivity index (χ1) is 4.33. The number of hydrogen-bond donors (Lipinski definition) is 1. The van der Waals surface area contributed by atoms with Crippen LogP contribution >= 0.6 is 0 Å². The number of nitrogen functional groups attached to an aromatic ring is 1. The Morgan fingerprint density at radius 2 is 2.33 bits per heavy atom. The summed E-state index contributed by atoms with van der Waals surface area (Å²) in [5, 5.41) is 0. The minimum absolute atomic E-state index is 0.168. The minimum atomic E-state index is 0.168. The van der Waals surface area contributed by atoms with Crippen molar-refractivity contribution >= 4 is 5.95 Å². The van der Waals surface area contributed by atoms with E-state index in [1.165, 1.54) is 13.4 Å². The summed E-state index contributed by atoms with van der Waals surface area (Å²) < 4.78 is 4.65. The van der Waals surface area contributed by atoms with Crippen LogP contribution in [0.1, 0.15) is 0 Å². The zero-order valence-corrected chi connectivity index (χ0v) is 4.90. The summed E-state index contributed by atoms with van der Waals surface area (Å²) in [6.45, 7) is 0. The van der Waals surface area contributed by atoms with E-state index in [9.17, 15) is 0 Å². The molecule has 0 unspecified atom stereocenters. The summed E-state index contributed by atoms with van der Waals surface area (Å²) in [5.74, 6) is 0.168. The van der Waals surface area contributed by atoms with Crippen LogP contribution in [-0.2, 0) is 0 Å². The lowest BCUT2D eigenvalue weighted by Crippen LogP contribution is -1.98. The van der Waals surface area contributed by atoms with Crippen molar-refractivity contribution in [1.82, 2.24) is 15.0 Å². The Morgan fingerprint density at radius 1 is 1.56 bits per heavy atom. The maximum absolute atomic E-state index is 5.19. The van der Waals surface area contributed by atoms with Gasteiger partial charge in [0, 0.05) is 0 Å². The molecular formula is C4H6N4O. The molecule has 2 N–H and O–H groups in total. The second kappa shape index (κ2) is 2.25. The highest BCUT2D eigenvalue weighted by Gasteiger charge is 1.92. The van der Waals surface area contributed by atoms with Crippen LogP contribution in [0.5, 0.6) is 6.01 Å². The smallest absolute Gasteiger partial charge is 0.320 e. The fourth-order valence-electron chi connectivity index (χ4n) is 0.391. The van der Waals surface area contributed by atoms with Gasteiger partial charge in [-0.1, -0.05) is 0 Å². The molecule has 1 aromatic rings. The number of rotatable bonds is 1. The van der Waals surface area contributed by atoms with Gasteiger partial charge in [-0.05, 0) is 0 Å². The molecule has 1 rings (SSSR count). The molecule has 0 bridgehead atoms. The summed E-state index contributed by atoms with van der Waals surface area (Å²) in [6, 6.07) is 0.238. The van der Waals surface area contributed by atoms with Gasteiger partial charge in [-0.15, -0.1) is 0 Å². The van der Waals surface area contributed by atoms with Crippen LogP contribution in [0.4, 0.5) is 5.95 Å². The lowest BCUT2D eigenvalue weighted by molar-refractivity contribution is 0.379. The normalized spacial score (nSPS) is 9.00. The fourth-order valence-corrected chi connectivity index (χ4v) is 0.391. The van der Waals surface area contributed by atoms with Crippen LogP contribution in [0, 0.1) is 0 Å². The molecule has 0 aliphatic rings. The second-order valence-corrected chi connectivity index (χ2v) is 1.33. The molecule has 5 heteroatoms. The molecule has 1 aromatic heterocycles. The first-order valence-electron chi connectivity index (χ1n) is 2.31. The van der Waals surface area contributed by atoms with Gasteiger partial charge in [-0.3, -0.25) is 0 Å². The molecule has 0 aliphatic carbocycles. The number of anilines is 1. The van der Waals surface area contributed by atoms with E-state index in [2.05, 4.69) is 19.7 Å². The van der Waals surface area contributed by atoms with Gasteiger partial charge >= 0.3 is 6.01 Å². The van der Waals surface area contributed by atoms with Gasteiger partial charge < -0.3 is 10.5 Å². The van der Waals surface area contributed by atoms with E-state index >= 15 is 0 Å². The molecule has 0 radical (unpaired) electrons. The number of methoxy groups -OCH3 is 1. The van der Waals surface area contributed by atoms with Gasteiger partial charge in [0.2, 0.25) is 5.95 Å². The molecule has 48 valence electrons. The van der Waals surface area contributed by atoms with Crippen molar-refractivity contribution < 1.29 is 4.74 Å². The minimum Gasteiger partial charge on any atom is -0.467 e. The SMILES string of the molecule is COc1ncnc(N)n1. The van der Waals surface area contributed by atoms with Crippen LogP contribution in [0.3, 0.4) is 0 Å². The molecule has 9 heavy (non-hydrogen) atoms. The van der Waals surface area contributed by atoms with Crippen LogP contribution < -0.4 is 10.5 Å². The van der Waals surface area contributed by atoms with Crippen LogP contribution in [-0.4, -0.2) is 22.1 Å². The summed E-state index contributed by atoms with van der Waals surface area (Å²) in [4.78, 5) is 10.8. The van der Waals surface area contributed by atoms with Crippen molar-refractivity contribution in [3.63, 3.8) is 0 Å². The van der Waals surface area contributed by atoms with E-state index in [1.807, 2.05) is 0 Å². The van der Waals surface area contributed by atoms with E-state index in [4.69, 9.17) is 5.73 Å². The fraction of sp³-hybridized carbons (Fsp3) is 0.250. The van der Waals surface area contributed by atoms with E-state index in [-0.39, 0.29) is 12.0 Å². The molecule has 0 atom stereocenters. The van der Waals surface area contributed by atoms with Crippen LogP contribution in [0.15, 0.2) is 6.33 Å². The Kier molecular flexibility index (Phi) is 1.44. The molecule has 0 fully saturated rings. The summed E-state index contributed by atoms with van der Waals surface area (Å²) in [6.07, 6.45) is 1.29. The quantitative estimate of drug-likeness (QED) is 0.547. The van der Waals surface area contributed by atoms with Gasteiger partial charge in [0.1, 0.15) is 6.33 Å². The largest absolute Gasteiger partial charge is 0.467 e. The zero-order chi connectivity index (χ0) is 6.69. The molecule has 0 saturated carbocycles. The molecule has 0 aliphatic heterocycles. The maximum atomic E-state index is 5.19. The van der Waals surface area contributed by atoms with Crippen molar-refractivity contribution in [3.8, 4) is 6.01 Å². The highest BCUT2D eigenvalue weighted by molar-refractivity contribution is 5.14. The van der Waals surface area contributed by atoms with E-state index < -0.39 is 0 Å².